The van der Waals surface area contributed by atoms with Crippen molar-refractivity contribution in [1.29, 1.82) is 0 Å². The molecule has 184 valence electrons. The van der Waals surface area contributed by atoms with Gasteiger partial charge in [-0.1, -0.05) is 65.7 Å². The average molecular weight is 534 g/mol. The summed E-state index contributed by atoms with van der Waals surface area (Å²) in [6.07, 6.45) is 0. The first kappa shape index (κ1) is 26.5. The summed E-state index contributed by atoms with van der Waals surface area (Å²) in [5, 5.41) is 3.24. The number of hydrogen-bond donors (Lipinski definition) is 1. The van der Waals surface area contributed by atoms with E-state index in [2.05, 4.69) is 5.32 Å². The molecule has 7 nitrogen and oxygen atoms in total. The molecule has 0 aliphatic heterocycles. The van der Waals surface area contributed by atoms with Crippen molar-refractivity contribution < 1.29 is 18.0 Å². The van der Waals surface area contributed by atoms with E-state index >= 15 is 0 Å². The summed E-state index contributed by atoms with van der Waals surface area (Å²) >= 11 is 12.3. The van der Waals surface area contributed by atoms with Crippen LogP contribution in [-0.2, 0) is 26.2 Å². The molecule has 0 saturated carbocycles. The van der Waals surface area contributed by atoms with Crippen LogP contribution in [0.5, 0.6) is 0 Å². The van der Waals surface area contributed by atoms with Crippen LogP contribution in [0.3, 0.4) is 0 Å². The van der Waals surface area contributed by atoms with Gasteiger partial charge in [0.2, 0.25) is 11.8 Å². The molecule has 3 rings (SSSR count). The van der Waals surface area contributed by atoms with Crippen LogP contribution in [0, 0.1) is 0 Å². The van der Waals surface area contributed by atoms with Gasteiger partial charge in [0.05, 0.1) is 15.6 Å². The largest absolute Gasteiger partial charge is 0.357 e. The summed E-state index contributed by atoms with van der Waals surface area (Å²) in [6, 6.07) is 20.1. The van der Waals surface area contributed by atoms with Crippen molar-refractivity contribution in [2.45, 2.75) is 24.4 Å². The summed E-state index contributed by atoms with van der Waals surface area (Å²) in [5.74, 6) is -0.960. The zero-order valence-electron chi connectivity index (χ0n) is 19.2. The molecule has 0 spiro atoms. The lowest BCUT2D eigenvalue weighted by molar-refractivity contribution is -0.139. The van der Waals surface area contributed by atoms with E-state index in [-0.39, 0.29) is 28.1 Å². The molecule has 1 N–H and O–H groups in total. The highest BCUT2D eigenvalue weighted by atomic mass is 35.5. The fourth-order valence-electron chi connectivity index (χ4n) is 3.47. The molecule has 3 aromatic carbocycles. The van der Waals surface area contributed by atoms with Crippen LogP contribution in [0.15, 0.2) is 83.8 Å². The van der Waals surface area contributed by atoms with Crippen LogP contribution in [-0.4, -0.2) is 44.8 Å². The number of anilines is 1. The smallest absolute Gasteiger partial charge is 0.264 e. The fourth-order valence-corrected chi connectivity index (χ4v) is 5.33. The number of benzene rings is 3. The number of amides is 2. The van der Waals surface area contributed by atoms with Crippen LogP contribution < -0.4 is 9.62 Å². The van der Waals surface area contributed by atoms with E-state index in [1.807, 2.05) is 0 Å². The minimum Gasteiger partial charge on any atom is -0.357 e. The Hall–Kier alpha value is -3.07. The van der Waals surface area contributed by atoms with Crippen LogP contribution in [0.1, 0.15) is 12.5 Å². The van der Waals surface area contributed by atoms with E-state index in [0.29, 0.717) is 5.02 Å². The van der Waals surface area contributed by atoms with Crippen LogP contribution in [0.2, 0.25) is 10.0 Å². The Morgan fingerprint density at radius 3 is 2.11 bits per heavy atom. The Bertz CT molecular complexity index is 1290. The van der Waals surface area contributed by atoms with Gasteiger partial charge in [-0.15, -0.1) is 0 Å². The highest BCUT2D eigenvalue weighted by Gasteiger charge is 2.33. The highest BCUT2D eigenvalue weighted by Crippen LogP contribution is 2.30. The molecule has 3 aromatic rings. The lowest BCUT2D eigenvalue weighted by Crippen LogP contribution is -2.50. The summed E-state index contributed by atoms with van der Waals surface area (Å²) in [7, 11) is -2.68. The van der Waals surface area contributed by atoms with E-state index in [0.717, 1.165) is 9.87 Å². The molecule has 10 heteroatoms. The number of likely N-dealkylation sites (N-methyl/N-ethyl adjacent to an activating group) is 1. The maximum atomic E-state index is 13.6. The number of para-hydroxylation sites is 1. The molecule has 0 saturated heterocycles. The molecular formula is C25H25Cl2N3O4S. The topological polar surface area (TPSA) is 86.8 Å². The predicted octanol–water partition coefficient (Wildman–Crippen LogP) is 4.35. The Labute approximate surface area is 215 Å². The van der Waals surface area contributed by atoms with E-state index in [1.54, 1.807) is 67.6 Å². The number of carbonyl (C=O) groups excluding carboxylic acids is 2. The monoisotopic (exact) mass is 533 g/mol. The van der Waals surface area contributed by atoms with E-state index in [1.165, 1.54) is 30.1 Å². The van der Waals surface area contributed by atoms with E-state index in [4.69, 9.17) is 23.2 Å². The Morgan fingerprint density at radius 1 is 0.914 bits per heavy atom. The maximum absolute atomic E-state index is 13.6. The molecule has 0 fully saturated rings. The SMILES string of the molecule is CNC(=O)C(C)N(Cc1ccc(Cl)cc1)C(=O)CN(c1ccccc1Cl)S(=O)(=O)c1ccccc1. The molecule has 0 aliphatic rings. The van der Waals surface area contributed by atoms with Crippen molar-refractivity contribution in [2.75, 3.05) is 17.9 Å². The first-order valence-corrected chi connectivity index (χ1v) is 12.9. The Morgan fingerprint density at radius 2 is 1.51 bits per heavy atom. The normalized spacial score (nSPS) is 12.0. The van der Waals surface area contributed by atoms with Gasteiger partial charge in [-0.2, -0.15) is 0 Å². The number of nitrogens with one attached hydrogen (secondary N) is 1. The molecule has 0 bridgehead atoms. The molecule has 1 atom stereocenters. The number of sulfonamides is 1. The minimum atomic E-state index is -4.15. The van der Waals surface area contributed by atoms with Crippen molar-refractivity contribution >= 4 is 50.7 Å². The van der Waals surface area contributed by atoms with Gasteiger partial charge in [-0.05, 0) is 48.9 Å². The highest BCUT2D eigenvalue weighted by molar-refractivity contribution is 7.92. The average Bonchev–Trinajstić information content (AvgIpc) is 2.86. The van der Waals surface area contributed by atoms with Gasteiger partial charge in [0.15, 0.2) is 0 Å². The van der Waals surface area contributed by atoms with Gasteiger partial charge in [0.25, 0.3) is 10.0 Å². The number of halogens is 2. The second-order valence-corrected chi connectivity index (χ2v) is 10.4. The molecule has 0 radical (unpaired) electrons. The number of carbonyl (C=O) groups is 2. The molecule has 1 unspecified atom stereocenters. The zero-order valence-corrected chi connectivity index (χ0v) is 21.5. The predicted molar refractivity (Wildman–Crippen MR) is 138 cm³/mol. The molecule has 35 heavy (non-hydrogen) atoms. The number of rotatable bonds is 9. The van der Waals surface area contributed by atoms with Gasteiger partial charge in [-0.25, -0.2) is 8.42 Å². The summed E-state index contributed by atoms with van der Waals surface area (Å²) in [6.45, 7) is 1.10. The third kappa shape index (κ3) is 6.33. The second-order valence-electron chi connectivity index (χ2n) is 7.71. The van der Waals surface area contributed by atoms with Crippen molar-refractivity contribution in [3.05, 3.63) is 94.5 Å². The van der Waals surface area contributed by atoms with Gasteiger partial charge in [-0.3, -0.25) is 13.9 Å². The van der Waals surface area contributed by atoms with Gasteiger partial charge >= 0.3 is 0 Å². The van der Waals surface area contributed by atoms with Crippen LogP contribution in [0.4, 0.5) is 5.69 Å². The van der Waals surface area contributed by atoms with Crippen molar-refractivity contribution in [3.8, 4) is 0 Å². The summed E-state index contributed by atoms with van der Waals surface area (Å²) < 4.78 is 28.2. The molecule has 2 amide bonds. The van der Waals surface area contributed by atoms with Crippen LogP contribution in [0.25, 0.3) is 0 Å². The number of hydrogen-bond acceptors (Lipinski definition) is 4. The van der Waals surface area contributed by atoms with E-state index < -0.39 is 28.5 Å². The Kier molecular flexibility index (Phi) is 8.77. The molecular weight excluding hydrogens is 509 g/mol. The molecule has 0 aromatic heterocycles. The first-order chi connectivity index (χ1) is 16.6. The third-order valence-corrected chi connectivity index (χ3v) is 7.76. The lowest BCUT2D eigenvalue weighted by Gasteiger charge is -2.32. The fraction of sp³-hybridized carbons (Fsp3) is 0.200. The quantitative estimate of drug-likeness (QED) is 0.442. The number of nitrogens with zero attached hydrogens (tertiary/aromatic N) is 2. The van der Waals surface area contributed by atoms with Gasteiger partial charge in [0.1, 0.15) is 12.6 Å². The van der Waals surface area contributed by atoms with Crippen LogP contribution >= 0.6 is 23.2 Å². The second kappa shape index (κ2) is 11.6. The van der Waals surface area contributed by atoms with Crippen molar-refractivity contribution in [2.24, 2.45) is 0 Å². The maximum Gasteiger partial charge on any atom is 0.264 e. The minimum absolute atomic E-state index is 0.0105. The van der Waals surface area contributed by atoms with E-state index in [9.17, 15) is 18.0 Å². The summed E-state index contributed by atoms with van der Waals surface area (Å²) in [4.78, 5) is 27.4. The van der Waals surface area contributed by atoms with Crippen molar-refractivity contribution in [3.63, 3.8) is 0 Å². The third-order valence-electron chi connectivity index (χ3n) is 5.41. The van der Waals surface area contributed by atoms with Gasteiger partial charge < -0.3 is 10.2 Å². The lowest BCUT2D eigenvalue weighted by atomic mass is 10.1. The summed E-state index contributed by atoms with van der Waals surface area (Å²) in [5.41, 5.74) is 0.888. The van der Waals surface area contributed by atoms with Gasteiger partial charge in [0, 0.05) is 18.6 Å². The molecule has 0 aliphatic carbocycles. The first-order valence-electron chi connectivity index (χ1n) is 10.7. The zero-order chi connectivity index (χ0) is 25.6. The standard InChI is InChI=1S/C25H25Cl2N3O4S/c1-18(25(32)28-2)29(16-19-12-14-20(26)15-13-19)24(31)17-30(23-11-7-6-10-22(23)27)35(33,34)21-8-4-3-5-9-21/h3-15,18H,16-17H2,1-2H3,(H,28,32). The molecule has 0 heterocycles. The Balaban J connectivity index is 2.03. The van der Waals surface area contributed by atoms with Crippen molar-refractivity contribution in [1.82, 2.24) is 10.2 Å².